The SMILES string of the molecule is CCSC1=NCCC(O)(C(F)(F)C(F)(F)C(F)(F)C(F)(F)C(F)(F)C(F)(F)C(F)(F)C(F)(F)F)N1. The van der Waals surface area contributed by atoms with Gasteiger partial charge < -0.3 is 10.4 Å². The number of halogens is 17. The quantitative estimate of drug-likeness (QED) is 0.359. The molecule has 1 aliphatic heterocycles. The van der Waals surface area contributed by atoms with Gasteiger partial charge in [-0.3, -0.25) is 4.99 Å². The molecule has 0 bridgehead atoms. The monoisotopic (exact) mass is 578 g/mol. The molecule has 0 aromatic rings. The fourth-order valence-electron chi connectivity index (χ4n) is 2.48. The summed E-state index contributed by atoms with van der Waals surface area (Å²) < 4.78 is 227. The van der Waals surface area contributed by atoms with Crippen LogP contribution in [-0.4, -0.2) is 75.9 Å². The molecule has 1 atom stereocenters. The van der Waals surface area contributed by atoms with Crippen LogP contribution in [0.3, 0.4) is 0 Å². The zero-order chi connectivity index (χ0) is 28.3. The van der Waals surface area contributed by atoms with Crippen molar-refractivity contribution >= 4 is 16.9 Å². The maximum Gasteiger partial charge on any atom is 0.460 e. The van der Waals surface area contributed by atoms with Crippen LogP contribution in [0.25, 0.3) is 0 Å². The summed E-state index contributed by atoms with van der Waals surface area (Å²) in [5.74, 6) is -57.7. The second-order valence-electron chi connectivity index (χ2n) is 6.87. The van der Waals surface area contributed by atoms with Crippen molar-refractivity contribution in [2.45, 2.75) is 66.7 Å². The highest BCUT2D eigenvalue weighted by Gasteiger charge is 2.96. The molecule has 0 saturated heterocycles. The van der Waals surface area contributed by atoms with Gasteiger partial charge in [-0.25, -0.2) is 0 Å². The van der Waals surface area contributed by atoms with Crippen LogP contribution in [0.5, 0.6) is 0 Å². The summed E-state index contributed by atoms with van der Waals surface area (Å²) in [6.07, 6.45) is -9.60. The first kappa shape index (κ1) is 31.6. The maximum atomic E-state index is 14.3. The molecule has 0 aliphatic carbocycles. The molecular weight excluding hydrogens is 567 g/mol. The van der Waals surface area contributed by atoms with Crippen molar-refractivity contribution in [2.24, 2.45) is 4.99 Å². The third-order valence-corrected chi connectivity index (χ3v) is 5.36. The molecule has 0 fully saturated rings. The van der Waals surface area contributed by atoms with Crippen LogP contribution in [0, 0.1) is 0 Å². The number of aliphatic hydroxyl groups is 1. The Hall–Kier alpha value is -1.41. The van der Waals surface area contributed by atoms with Gasteiger partial charge in [-0.2, -0.15) is 74.6 Å². The van der Waals surface area contributed by atoms with Crippen molar-refractivity contribution in [1.29, 1.82) is 0 Å². The lowest BCUT2D eigenvalue weighted by atomic mass is 9.85. The third-order valence-electron chi connectivity index (χ3n) is 4.57. The zero-order valence-corrected chi connectivity index (χ0v) is 17.2. The van der Waals surface area contributed by atoms with E-state index in [-0.39, 0.29) is 5.75 Å². The number of amidine groups is 1. The van der Waals surface area contributed by atoms with Gasteiger partial charge in [-0.1, -0.05) is 18.7 Å². The van der Waals surface area contributed by atoms with Crippen molar-refractivity contribution in [1.82, 2.24) is 5.32 Å². The summed E-state index contributed by atoms with van der Waals surface area (Å²) in [4.78, 5) is 3.33. The topological polar surface area (TPSA) is 44.6 Å². The molecule has 0 spiro atoms. The molecule has 35 heavy (non-hydrogen) atoms. The van der Waals surface area contributed by atoms with Crippen LogP contribution >= 0.6 is 11.8 Å². The van der Waals surface area contributed by atoms with Crippen LogP contribution in [0.15, 0.2) is 4.99 Å². The molecule has 0 radical (unpaired) electrons. The fourth-order valence-corrected chi connectivity index (χ4v) is 3.17. The fraction of sp³-hybridized carbons (Fsp3) is 0.929. The molecule has 208 valence electrons. The van der Waals surface area contributed by atoms with Gasteiger partial charge >= 0.3 is 47.6 Å². The van der Waals surface area contributed by atoms with E-state index in [0.29, 0.717) is 11.8 Å². The van der Waals surface area contributed by atoms with Gasteiger partial charge in [-0.15, -0.1) is 0 Å². The standard InChI is InChI=1S/C14H11F17N2OS/c1-2-35-5-32-4-3-6(34,33-5)7(15,16)8(17,18)9(19,20)10(21,22)11(23,24)12(25,26)13(27,28)14(29,30)31/h34H,2-4H2,1H3,(H,32,33). The van der Waals surface area contributed by atoms with E-state index in [9.17, 15) is 79.7 Å². The summed E-state index contributed by atoms with van der Waals surface area (Å²) in [5, 5.41) is 9.94. The average molecular weight is 578 g/mol. The highest BCUT2D eigenvalue weighted by Crippen LogP contribution is 2.64. The first-order chi connectivity index (χ1) is 15.1. The molecule has 1 aliphatic rings. The van der Waals surface area contributed by atoms with Crippen LogP contribution in [0.4, 0.5) is 74.6 Å². The highest BCUT2D eigenvalue weighted by molar-refractivity contribution is 8.13. The van der Waals surface area contributed by atoms with Crippen molar-refractivity contribution in [3.63, 3.8) is 0 Å². The number of hydrogen-bond donors (Lipinski definition) is 2. The molecule has 0 aromatic heterocycles. The summed E-state index contributed by atoms with van der Waals surface area (Å²) in [7, 11) is 0. The lowest BCUT2D eigenvalue weighted by Crippen LogP contribution is -2.78. The largest absolute Gasteiger partial charge is 0.460 e. The first-order valence-corrected chi connectivity index (χ1v) is 9.52. The second-order valence-corrected chi connectivity index (χ2v) is 8.13. The predicted octanol–water partition coefficient (Wildman–Crippen LogP) is 5.79. The van der Waals surface area contributed by atoms with Crippen molar-refractivity contribution in [3.05, 3.63) is 0 Å². The first-order valence-electron chi connectivity index (χ1n) is 8.53. The van der Waals surface area contributed by atoms with Crippen LogP contribution in [0.2, 0.25) is 0 Å². The van der Waals surface area contributed by atoms with Crippen LogP contribution < -0.4 is 5.32 Å². The summed E-state index contributed by atoms with van der Waals surface area (Å²) in [6.45, 7) is 0.203. The Morgan fingerprint density at radius 2 is 1.09 bits per heavy atom. The summed E-state index contributed by atoms with van der Waals surface area (Å²) >= 11 is 0.363. The number of nitrogens with zero attached hydrogens (tertiary/aromatic N) is 1. The normalized spacial score (nSPS) is 22.1. The van der Waals surface area contributed by atoms with Gasteiger partial charge in [0, 0.05) is 13.0 Å². The number of rotatable bonds is 8. The Morgan fingerprint density at radius 3 is 1.46 bits per heavy atom. The molecule has 2 N–H and O–H groups in total. The van der Waals surface area contributed by atoms with Gasteiger partial charge in [0.25, 0.3) is 0 Å². The zero-order valence-electron chi connectivity index (χ0n) is 16.3. The Kier molecular flexibility index (Phi) is 7.75. The number of nitrogens with one attached hydrogen (secondary N) is 1. The lowest BCUT2D eigenvalue weighted by Gasteiger charge is -2.46. The molecule has 1 heterocycles. The van der Waals surface area contributed by atoms with Crippen molar-refractivity contribution < 1.29 is 79.7 Å². The average Bonchev–Trinajstić information content (AvgIpc) is 2.66. The Balaban J connectivity index is 3.65. The minimum Gasteiger partial charge on any atom is -0.366 e. The molecular formula is C14H11F17N2OS. The smallest absolute Gasteiger partial charge is 0.366 e. The number of hydrogen-bond acceptors (Lipinski definition) is 4. The highest BCUT2D eigenvalue weighted by atomic mass is 32.2. The van der Waals surface area contributed by atoms with E-state index in [1.54, 1.807) is 0 Å². The minimum absolute atomic E-state index is 0.104. The van der Waals surface area contributed by atoms with Crippen LogP contribution in [0.1, 0.15) is 13.3 Å². The molecule has 0 saturated carbocycles. The van der Waals surface area contributed by atoms with Gasteiger partial charge in [0.05, 0.1) is 0 Å². The van der Waals surface area contributed by atoms with Crippen molar-refractivity contribution in [3.8, 4) is 0 Å². The third kappa shape index (κ3) is 4.16. The molecule has 0 aromatic carbocycles. The summed E-state index contributed by atoms with van der Waals surface area (Å²) in [5.41, 5.74) is -4.68. The molecule has 1 unspecified atom stereocenters. The van der Waals surface area contributed by atoms with Gasteiger partial charge in [0.15, 0.2) is 5.17 Å². The van der Waals surface area contributed by atoms with E-state index in [1.165, 1.54) is 6.92 Å². The molecule has 3 nitrogen and oxygen atoms in total. The molecule has 1 rings (SSSR count). The Labute approximate surface area is 187 Å². The van der Waals surface area contributed by atoms with E-state index in [0.717, 1.165) is 5.32 Å². The Bertz CT molecular complexity index is 824. The summed E-state index contributed by atoms with van der Waals surface area (Å²) in [6, 6.07) is 0. The number of thioether (sulfide) groups is 1. The second kappa shape index (κ2) is 8.57. The van der Waals surface area contributed by atoms with Gasteiger partial charge in [-0.05, 0) is 5.75 Å². The Morgan fingerprint density at radius 1 is 0.714 bits per heavy atom. The minimum atomic E-state index is -8.71. The lowest BCUT2D eigenvalue weighted by molar-refractivity contribution is -0.467. The van der Waals surface area contributed by atoms with E-state index in [2.05, 4.69) is 4.99 Å². The predicted molar refractivity (Wildman–Crippen MR) is 83.8 cm³/mol. The maximum absolute atomic E-state index is 14.3. The van der Waals surface area contributed by atoms with Gasteiger partial charge in [0.2, 0.25) is 5.72 Å². The van der Waals surface area contributed by atoms with E-state index < -0.39 is 71.5 Å². The van der Waals surface area contributed by atoms with Gasteiger partial charge in [0.1, 0.15) is 0 Å². The molecule has 21 heteroatoms. The molecule has 0 amide bonds. The van der Waals surface area contributed by atoms with E-state index in [4.69, 9.17) is 0 Å². The number of aliphatic imine (C=N–C) groups is 1. The van der Waals surface area contributed by atoms with Crippen molar-refractivity contribution in [2.75, 3.05) is 12.3 Å². The number of alkyl halides is 17. The van der Waals surface area contributed by atoms with Crippen LogP contribution in [-0.2, 0) is 0 Å². The van der Waals surface area contributed by atoms with E-state index >= 15 is 0 Å². The van der Waals surface area contributed by atoms with E-state index in [1.807, 2.05) is 0 Å².